The van der Waals surface area contributed by atoms with Crippen molar-refractivity contribution in [2.24, 2.45) is 0 Å². The molecule has 0 bridgehead atoms. The molecule has 0 aromatic heterocycles. The van der Waals surface area contributed by atoms with E-state index in [-0.39, 0.29) is 9.79 Å². The fourth-order valence-electron chi connectivity index (χ4n) is 1.44. The van der Waals surface area contributed by atoms with E-state index in [9.17, 15) is 12.8 Å². The van der Waals surface area contributed by atoms with Crippen molar-refractivity contribution in [2.45, 2.75) is 9.79 Å². The van der Waals surface area contributed by atoms with E-state index < -0.39 is 15.7 Å². The fraction of sp³-hybridized carbons (Fsp3) is 0. The Morgan fingerprint density at radius 3 is 2.12 bits per heavy atom. The molecule has 0 aliphatic rings. The molecule has 17 heavy (non-hydrogen) atoms. The van der Waals surface area contributed by atoms with Gasteiger partial charge in [0.15, 0.2) is 0 Å². The van der Waals surface area contributed by atoms with E-state index in [1.54, 1.807) is 0 Å². The van der Waals surface area contributed by atoms with E-state index in [1.807, 2.05) is 0 Å². The van der Waals surface area contributed by atoms with Gasteiger partial charge < -0.3 is 5.73 Å². The molecule has 0 unspecified atom stereocenters. The van der Waals surface area contributed by atoms with E-state index in [2.05, 4.69) is 0 Å². The predicted octanol–water partition coefficient (Wildman–Crippen LogP) is 2.24. The predicted molar refractivity (Wildman–Crippen MR) is 62.7 cm³/mol. The van der Waals surface area contributed by atoms with Crippen LogP contribution in [0.5, 0.6) is 0 Å². The summed E-state index contributed by atoms with van der Waals surface area (Å²) in [6, 6.07) is 10.9. The molecule has 0 aliphatic heterocycles. The van der Waals surface area contributed by atoms with Crippen molar-refractivity contribution in [3.8, 4) is 0 Å². The summed E-state index contributed by atoms with van der Waals surface area (Å²) in [5.74, 6) is -0.760. The van der Waals surface area contributed by atoms with Crippen LogP contribution in [0.25, 0.3) is 0 Å². The molecule has 2 aromatic rings. The summed E-state index contributed by atoms with van der Waals surface area (Å²) < 4.78 is 37.6. The number of anilines is 1. The van der Waals surface area contributed by atoms with Crippen molar-refractivity contribution < 1.29 is 12.8 Å². The minimum Gasteiger partial charge on any atom is -0.399 e. The van der Waals surface area contributed by atoms with Gasteiger partial charge in [-0.25, -0.2) is 12.8 Å². The van der Waals surface area contributed by atoms with Crippen molar-refractivity contribution in [2.75, 3.05) is 5.73 Å². The second-order valence-corrected chi connectivity index (χ2v) is 5.42. The summed E-state index contributed by atoms with van der Waals surface area (Å²) in [6.07, 6.45) is 0. The molecular weight excluding hydrogens is 241 g/mol. The molecule has 0 fully saturated rings. The van der Waals surface area contributed by atoms with E-state index in [0.29, 0.717) is 5.69 Å². The third-order valence-electron chi connectivity index (χ3n) is 2.32. The Kier molecular flexibility index (Phi) is 2.85. The zero-order valence-corrected chi connectivity index (χ0v) is 9.62. The lowest BCUT2D eigenvalue weighted by Crippen LogP contribution is -2.04. The van der Waals surface area contributed by atoms with Gasteiger partial charge in [0.25, 0.3) is 0 Å². The Balaban J connectivity index is 2.58. The lowest BCUT2D eigenvalue weighted by atomic mass is 10.3. The second-order valence-electron chi connectivity index (χ2n) is 3.50. The highest BCUT2D eigenvalue weighted by molar-refractivity contribution is 7.91. The van der Waals surface area contributed by atoms with Gasteiger partial charge in [-0.05, 0) is 36.4 Å². The highest BCUT2D eigenvalue weighted by atomic mass is 32.2. The standard InChI is InChI=1S/C12H10FNO2S/c13-11-3-1-2-4-12(11)17(15,16)10-7-5-9(14)6-8-10/h1-8H,14H2. The maximum Gasteiger partial charge on any atom is 0.209 e. The number of rotatable bonds is 2. The lowest BCUT2D eigenvalue weighted by molar-refractivity contribution is 0.567. The third-order valence-corrected chi connectivity index (χ3v) is 4.12. The third kappa shape index (κ3) is 2.14. The smallest absolute Gasteiger partial charge is 0.209 e. The summed E-state index contributed by atoms with van der Waals surface area (Å²) in [5, 5.41) is 0. The van der Waals surface area contributed by atoms with E-state index in [1.165, 1.54) is 42.5 Å². The van der Waals surface area contributed by atoms with Crippen LogP contribution >= 0.6 is 0 Å². The summed E-state index contributed by atoms with van der Waals surface area (Å²) in [7, 11) is -3.82. The minimum absolute atomic E-state index is 0.0248. The molecule has 88 valence electrons. The molecule has 0 atom stereocenters. The molecule has 2 rings (SSSR count). The van der Waals surface area contributed by atoms with Crippen molar-refractivity contribution in [1.82, 2.24) is 0 Å². The van der Waals surface area contributed by atoms with Crippen LogP contribution in [0.4, 0.5) is 10.1 Å². The molecule has 0 saturated heterocycles. The van der Waals surface area contributed by atoms with E-state index in [0.717, 1.165) is 6.07 Å². The molecule has 2 N–H and O–H groups in total. The first-order valence-corrected chi connectivity index (χ1v) is 6.35. The molecule has 0 saturated carbocycles. The summed E-state index contributed by atoms with van der Waals surface area (Å²) in [6.45, 7) is 0. The number of benzene rings is 2. The highest BCUT2D eigenvalue weighted by Crippen LogP contribution is 2.23. The van der Waals surface area contributed by atoms with Crippen molar-refractivity contribution in [3.05, 3.63) is 54.3 Å². The molecule has 3 nitrogen and oxygen atoms in total. The number of nitrogens with two attached hydrogens (primary N) is 1. The Labute approximate surface area is 98.6 Å². The van der Waals surface area contributed by atoms with Crippen molar-refractivity contribution in [1.29, 1.82) is 0 Å². The van der Waals surface area contributed by atoms with E-state index in [4.69, 9.17) is 5.73 Å². The number of sulfone groups is 1. The van der Waals surface area contributed by atoms with Gasteiger partial charge in [0.2, 0.25) is 9.84 Å². The number of hydrogen-bond acceptors (Lipinski definition) is 3. The first kappa shape index (κ1) is 11.6. The Morgan fingerprint density at radius 1 is 0.941 bits per heavy atom. The van der Waals surface area contributed by atoms with Gasteiger partial charge in [-0.1, -0.05) is 12.1 Å². The normalized spacial score (nSPS) is 11.4. The number of nitrogen functional groups attached to an aromatic ring is 1. The Hall–Kier alpha value is -1.88. The van der Waals surface area contributed by atoms with Crippen LogP contribution < -0.4 is 5.73 Å². The molecule has 0 aliphatic carbocycles. The van der Waals surface area contributed by atoms with Crippen molar-refractivity contribution >= 4 is 15.5 Å². The summed E-state index contributed by atoms with van der Waals surface area (Å²) >= 11 is 0. The van der Waals surface area contributed by atoms with Crippen LogP contribution in [0, 0.1) is 5.82 Å². The summed E-state index contributed by atoms with van der Waals surface area (Å²) in [4.78, 5) is -0.304. The van der Waals surface area contributed by atoms with E-state index >= 15 is 0 Å². The molecule has 0 heterocycles. The van der Waals surface area contributed by atoms with Gasteiger partial charge in [-0.15, -0.1) is 0 Å². The van der Waals surface area contributed by atoms with Crippen LogP contribution in [0.2, 0.25) is 0 Å². The van der Waals surface area contributed by atoms with Crippen LogP contribution in [0.1, 0.15) is 0 Å². The zero-order valence-electron chi connectivity index (χ0n) is 8.80. The highest BCUT2D eigenvalue weighted by Gasteiger charge is 2.20. The summed E-state index contributed by atoms with van der Waals surface area (Å²) in [5.41, 5.74) is 5.93. The first-order valence-electron chi connectivity index (χ1n) is 4.87. The van der Waals surface area contributed by atoms with Crippen LogP contribution in [0.3, 0.4) is 0 Å². The van der Waals surface area contributed by atoms with Gasteiger partial charge in [-0.2, -0.15) is 0 Å². The van der Waals surface area contributed by atoms with Crippen LogP contribution in [-0.4, -0.2) is 8.42 Å². The Morgan fingerprint density at radius 2 is 1.53 bits per heavy atom. The number of halogens is 1. The van der Waals surface area contributed by atoms with Crippen LogP contribution in [0.15, 0.2) is 58.3 Å². The first-order chi connectivity index (χ1) is 8.01. The Bertz CT molecular complexity index is 636. The maximum atomic E-state index is 13.4. The molecule has 0 radical (unpaired) electrons. The molecule has 0 amide bonds. The van der Waals surface area contributed by atoms with Gasteiger partial charge in [0.05, 0.1) is 4.90 Å². The van der Waals surface area contributed by atoms with Gasteiger partial charge in [-0.3, -0.25) is 0 Å². The minimum atomic E-state index is -3.82. The second kappa shape index (κ2) is 4.18. The largest absolute Gasteiger partial charge is 0.399 e. The molecule has 5 heteroatoms. The maximum absolute atomic E-state index is 13.4. The quantitative estimate of drug-likeness (QED) is 0.833. The van der Waals surface area contributed by atoms with Gasteiger partial charge >= 0.3 is 0 Å². The topological polar surface area (TPSA) is 60.2 Å². The fourth-order valence-corrected chi connectivity index (χ4v) is 2.77. The zero-order chi connectivity index (χ0) is 12.5. The average molecular weight is 251 g/mol. The average Bonchev–Trinajstić information content (AvgIpc) is 2.30. The molecular formula is C12H10FNO2S. The monoisotopic (exact) mass is 251 g/mol. The number of hydrogen-bond donors (Lipinski definition) is 1. The van der Waals surface area contributed by atoms with Crippen LogP contribution in [-0.2, 0) is 9.84 Å². The molecule has 0 spiro atoms. The molecule has 2 aromatic carbocycles. The van der Waals surface area contributed by atoms with Crippen molar-refractivity contribution in [3.63, 3.8) is 0 Å². The van der Waals surface area contributed by atoms with Gasteiger partial charge in [0.1, 0.15) is 10.7 Å². The lowest BCUT2D eigenvalue weighted by Gasteiger charge is -2.05. The SMILES string of the molecule is Nc1ccc(S(=O)(=O)c2ccccc2F)cc1. The van der Waals surface area contributed by atoms with Gasteiger partial charge in [0, 0.05) is 5.69 Å².